The van der Waals surface area contributed by atoms with Crippen molar-refractivity contribution in [3.8, 4) is 5.75 Å². The van der Waals surface area contributed by atoms with Crippen molar-refractivity contribution in [1.29, 1.82) is 0 Å². The highest BCUT2D eigenvalue weighted by Gasteiger charge is 2.11. The maximum Gasteiger partial charge on any atom is 0.136 e. The lowest BCUT2D eigenvalue weighted by atomic mass is 10.1. The van der Waals surface area contributed by atoms with E-state index in [0.717, 1.165) is 44.0 Å². The van der Waals surface area contributed by atoms with Gasteiger partial charge in [0.05, 0.1) is 5.76 Å². The predicted octanol–water partition coefficient (Wildman–Crippen LogP) is 7.51. The first-order valence-electron chi connectivity index (χ1n) is 13.7. The molecule has 0 spiro atoms. The summed E-state index contributed by atoms with van der Waals surface area (Å²) in [7, 11) is 3.86. The first kappa shape index (κ1) is 32.8. The van der Waals surface area contributed by atoms with Crippen LogP contribution in [0.4, 0.5) is 0 Å². The van der Waals surface area contributed by atoms with Crippen LogP contribution in [0.5, 0.6) is 5.75 Å². The van der Waals surface area contributed by atoms with E-state index in [1.807, 2.05) is 74.8 Å². The SMILES string of the molecule is BrC1=CC=CCC1.CNCC(Oc1ccccc1)c1ccccc1.CNCCOC1=CC=CCC1.c1cn[nH]c1. The minimum absolute atomic E-state index is 0.0450. The Bertz CT molecular complexity index is 1100. The summed E-state index contributed by atoms with van der Waals surface area (Å²) in [5.74, 6) is 2.01. The van der Waals surface area contributed by atoms with Crippen molar-refractivity contribution in [1.82, 2.24) is 20.8 Å². The second-order valence-corrected chi connectivity index (χ2v) is 9.81. The van der Waals surface area contributed by atoms with Crippen molar-refractivity contribution < 1.29 is 9.47 Å². The molecule has 5 rings (SSSR count). The number of hydrogen-bond donors (Lipinski definition) is 3. The number of ether oxygens (including phenoxy) is 2. The Morgan fingerprint density at radius 1 is 0.875 bits per heavy atom. The number of aromatic amines is 1. The summed E-state index contributed by atoms with van der Waals surface area (Å²) in [5.41, 5.74) is 1.19. The summed E-state index contributed by atoms with van der Waals surface area (Å²) in [6, 6.07) is 22.0. The van der Waals surface area contributed by atoms with E-state index in [1.54, 1.807) is 12.4 Å². The number of halogens is 1. The zero-order valence-electron chi connectivity index (χ0n) is 23.6. The number of nitrogens with zero attached hydrogens (tertiary/aromatic N) is 1. The Kier molecular flexibility index (Phi) is 18.4. The zero-order valence-corrected chi connectivity index (χ0v) is 25.2. The fourth-order valence-electron chi connectivity index (χ4n) is 3.52. The van der Waals surface area contributed by atoms with Crippen LogP contribution in [-0.4, -0.2) is 44.0 Å². The van der Waals surface area contributed by atoms with Gasteiger partial charge < -0.3 is 20.1 Å². The number of likely N-dealkylation sites (N-methyl/N-ethyl adjacent to an activating group) is 2. The molecule has 3 N–H and O–H groups in total. The topological polar surface area (TPSA) is 71.2 Å². The van der Waals surface area contributed by atoms with Gasteiger partial charge in [-0.05, 0) is 67.7 Å². The third-order valence-electron chi connectivity index (χ3n) is 5.57. The molecule has 1 atom stereocenters. The Balaban J connectivity index is 0.000000207. The van der Waals surface area contributed by atoms with Crippen LogP contribution in [0, 0.1) is 0 Å². The Labute approximate surface area is 248 Å². The van der Waals surface area contributed by atoms with E-state index in [-0.39, 0.29) is 6.10 Å². The van der Waals surface area contributed by atoms with Crippen molar-refractivity contribution in [3.63, 3.8) is 0 Å². The largest absolute Gasteiger partial charge is 0.497 e. The molecule has 2 aliphatic rings. The van der Waals surface area contributed by atoms with Crippen molar-refractivity contribution in [2.45, 2.75) is 31.8 Å². The fraction of sp³-hybridized carbons (Fsp3) is 0.303. The van der Waals surface area contributed by atoms with E-state index in [1.165, 1.54) is 22.9 Å². The molecule has 214 valence electrons. The number of aromatic nitrogens is 2. The molecule has 0 saturated carbocycles. The average molecular weight is 608 g/mol. The van der Waals surface area contributed by atoms with Gasteiger partial charge in [-0.2, -0.15) is 5.10 Å². The molecule has 1 aromatic heterocycles. The molecule has 2 aliphatic carbocycles. The highest BCUT2D eigenvalue weighted by Crippen LogP contribution is 2.21. The molecule has 0 amide bonds. The summed E-state index contributed by atoms with van der Waals surface area (Å²) < 4.78 is 12.8. The van der Waals surface area contributed by atoms with Crippen LogP contribution in [0.1, 0.15) is 37.4 Å². The van der Waals surface area contributed by atoms with Crippen LogP contribution in [0.15, 0.2) is 126 Å². The van der Waals surface area contributed by atoms with E-state index in [2.05, 4.69) is 79.3 Å². The zero-order chi connectivity index (χ0) is 28.5. The molecule has 0 saturated heterocycles. The van der Waals surface area contributed by atoms with Crippen LogP contribution in [-0.2, 0) is 4.74 Å². The van der Waals surface area contributed by atoms with Gasteiger partial charge >= 0.3 is 0 Å². The molecule has 0 aliphatic heterocycles. The highest BCUT2D eigenvalue weighted by atomic mass is 79.9. The quantitative estimate of drug-likeness (QED) is 0.220. The van der Waals surface area contributed by atoms with Gasteiger partial charge in [0.25, 0.3) is 0 Å². The molecule has 0 fully saturated rings. The summed E-state index contributed by atoms with van der Waals surface area (Å²) >= 11 is 3.40. The number of allylic oxidation sites excluding steroid dienone is 8. The Morgan fingerprint density at radius 2 is 1.57 bits per heavy atom. The van der Waals surface area contributed by atoms with Crippen LogP contribution in [0.2, 0.25) is 0 Å². The lowest BCUT2D eigenvalue weighted by Crippen LogP contribution is -2.21. The summed E-state index contributed by atoms with van der Waals surface area (Å²) in [5, 5.41) is 12.4. The van der Waals surface area contributed by atoms with Gasteiger partial charge in [0.1, 0.15) is 18.5 Å². The van der Waals surface area contributed by atoms with E-state index < -0.39 is 0 Å². The van der Waals surface area contributed by atoms with Crippen molar-refractivity contribution in [2.24, 2.45) is 0 Å². The van der Waals surface area contributed by atoms with Gasteiger partial charge in [-0.1, -0.05) is 94.8 Å². The lowest BCUT2D eigenvalue weighted by Gasteiger charge is -2.19. The number of benzene rings is 2. The predicted molar refractivity (Wildman–Crippen MR) is 170 cm³/mol. The average Bonchev–Trinajstić information content (AvgIpc) is 3.61. The normalized spacial score (nSPS) is 14.0. The van der Waals surface area contributed by atoms with Crippen molar-refractivity contribution in [2.75, 3.05) is 33.8 Å². The summed E-state index contributed by atoms with van der Waals surface area (Å²) in [6.45, 7) is 2.48. The highest BCUT2D eigenvalue weighted by molar-refractivity contribution is 9.11. The second-order valence-electron chi connectivity index (χ2n) is 8.79. The van der Waals surface area contributed by atoms with Crippen LogP contribution in [0.25, 0.3) is 0 Å². The van der Waals surface area contributed by atoms with Gasteiger partial charge in [0.2, 0.25) is 0 Å². The number of H-pyrrole nitrogens is 1. The Morgan fingerprint density at radius 3 is 2.05 bits per heavy atom. The van der Waals surface area contributed by atoms with E-state index in [0.29, 0.717) is 0 Å². The molecule has 1 heterocycles. The molecule has 7 heteroatoms. The molecule has 3 aromatic rings. The lowest BCUT2D eigenvalue weighted by molar-refractivity contribution is 0.204. The molecule has 0 radical (unpaired) electrons. The third kappa shape index (κ3) is 15.9. The monoisotopic (exact) mass is 606 g/mol. The van der Waals surface area contributed by atoms with Gasteiger partial charge in [-0.25, -0.2) is 0 Å². The van der Waals surface area contributed by atoms with Gasteiger partial charge in [-0.15, -0.1) is 0 Å². The smallest absolute Gasteiger partial charge is 0.136 e. The number of nitrogens with one attached hydrogen (secondary N) is 3. The van der Waals surface area contributed by atoms with Gasteiger partial charge in [-0.3, -0.25) is 5.10 Å². The van der Waals surface area contributed by atoms with E-state index in [4.69, 9.17) is 9.47 Å². The first-order chi connectivity index (χ1) is 19.7. The second kappa shape index (κ2) is 22.4. The summed E-state index contributed by atoms with van der Waals surface area (Å²) in [4.78, 5) is 0. The Hall–Kier alpha value is -3.39. The molecule has 6 nitrogen and oxygen atoms in total. The van der Waals surface area contributed by atoms with Crippen LogP contribution >= 0.6 is 15.9 Å². The molecule has 0 bridgehead atoms. The molecular weight excluding hydrogens is 564 g/mol. The minimum Gasteiger partial charge on any atom is -0.497 e. The van der Waals surface area contributed by atoms with Crippen molar-refractivity contribution >= 4 is 15.9 Å². The molecule has 2 aromatic carbocycles. The van der Waals surface area contributed by atoms with Crippen LogP contribution in [0.3, 0.4) is 0 Å². The van der Waals surface area contributed by atoms with Gasteiger partial charge in [0.15, 0.2) is 0 Å². The fourth-order valence-corrected chi connectivity index (χ4v) is 3.90. The van der Waals surface area contributed by atoms with E-state index in [9.17, 15) is 0 Å². The van der Waals surface area contributed by atoms with Crippen molar-refractivity contribution in [3.05, 3.63) is 131 Å². The maximum absolute atomic E-state index is 5.98. The minimum atomic E-state index is 0.0450. The summed E-state index contributed by atoms with van der Waals surface area (Å²) in [6.07, 6.45) is 20.6. The van der Waals surface area contributed by atoms with Crippen LogP contribution < -0.4 is 15.4 Å². The number of hydrogen-bond acceptors (Lipinski definition) is 5. The third-order valence-corrected chi connectivity index (χ3v) is 6.23. The molecule has 1 unspecified atom stereocenters. The maximum atomic E-state index is 5.98. The van der Waals surface area contributed by atoms with Gasteiger partial charge in [0, 0.05) is 31.9 Å². The molecule has 40 heavy (non-hydrogen) atoms. The van der Waals surface area contributed by atoms with E-state index >= 15 is 0 Å². The first-order valence-corrected chi connectivity index (χ1v) is 14.5. The standard InChI is InChI=1S/C15H17NO.C9H15NO.C6H7Br.C3H4N2/c1-16-12-15(13-8-4-2-5-9-13)17-14-10-6-3-7-11-14;1-10-7-8-11-9-5-3-2-4-6-9;7-6-4-2-1-3-5-6;1-2-4-5-3-1/h2-11,15-16H,12H2,1H3;2-3,5,10H,4,6-8H2,1H3;1-2,4H,3,5H2;1-3H,(H,4,5). The number of para-hydroxylation sites is 1. The number of rotatable bonds is 9. The molecular formula is C33H43BrN4O2.